The highest BCUT2D eigenvalue weighted by Gasteiger charge is 2.24. The minimum atomic E-state index is -0.859. The summed E-state index contributed by atoms with van der Waals surface area (Å²) in [7, 11) is 3.09. The molecular weight excluding hydrogens is 372 g/mol. The first-order valence-electron chi connectivity index (χ1n) is 9.03. The molecule has 0 aliphatic carbocycles. The van der Waals surface area contributed by atoms with Crippen LogP contribution in [0.25, 0.3) is 16.8 Å². The molecule has 0 aliphatic rings. The number of rotatable bonds is 7. The van der Waals surface area contributed by atoms with E-state index in [4.69, 9.17) is 14.2 Å². The van der Waals surface area contributed by atoms with Gasteiger partial charge in [0, 0.05) is 11.8 Å². The number of hydrogen-bond donors (Lipinski definition) is 0. The van der Waals surface area contributed by atoms with Crippen molar-refractivity contribution < 1.29 is 23.8 Å². The minimum absolute atomic E-state index is 0.106. The van der Waals surface area contributed by atoms with E-state index in [0.29, 0.717) is 22.6 Å². The molecule has 0 fully saturated rings. The number of hydrogen-bond acceptors (Lipinski definition) is 6. The van der Waals surface area contributed by atoms with Crippen molar-refractivity contribution in [3.8, 4) is 28.3 Å². The number of ether oxygens (including phenoxy) is 3. The average Bonchev–Trinajstić information content (AvgIpc) is 3.19. The molecule has 1 heterocycles. The molecule has 0 spiro atoms. The summed E-state index contributed by atoms with van der Waals surface area (Å²) in [6.07, 6.45) is 0.883. The first-order valence-corrected chi connectivity index (χ1v) is 9.03. The second kappa shape index (κ2) is 8.60. The highest BCUT2D eigenvalue weighted by Crippen LogP contribution is 2.34. The van der Waals surface area contributed by atoms with Gasteiger partial charge in [0.2, 0.25) is 0 Å². The van der Waals surface area contributed by atoms with Crippen molar-refractivity contribution in [3.63, 3.8) is 0 Å². The van der Waals surface area contributed by atoms with Crippen molar-refractivity contribution in [2.45, 2.75) is 20.0 Å². The Hall–Kier alpha value is -3.61. The fourth-order valence-corrected chi connectivity index (χ4v) is 2.75. The Morgan fingerprint density at radius 2 is 1.69 bits per heavy atom. The van der Waals surface area contributed by atoms with E-state index in [1.807, 2.05) is 30.3 Å². The van der Waals surface area contributed by atoms with Crippen molar-refractivity contribution in [2.75, 3.05) is 14.2 Å². The number of carbonyl (C=O) groups is 2. The highest BCUT2D eigenvalue weighted by atomic mass is 16.5. The number of benzene rings is 2. The second-order valence-electron chi connectivity index (χ2n) is 6.40. The van der Waals surface area contributed by atoms with E-state index in [2.05, 4.69) is 5.10 Å². The largest absolute Gasteiger partial charge is 0.493 e. The Bertz CT molecular complexity index is 1030. The number of Topliss-reactive ketones (excluding diaryl/α,β-unsaturated/α-hetero) is 1. The molecule has 0 aliphatic heterocycles. The molecule has 1 aromatic heterocycles. The van der Waals surface area contributed by atoms with Gasteiger partial charge in [0.15, 0.2) is 29.1 Å². The van der Waals surface area contributed by atoms with Crippen LogP contribution in [0.1, 0.15) is 24.3 Å². The minimum Gasteiger partial charge on any atom is -0.493 e. The summed E-state index contributed by atoms with van der Waals surface area (Å²) in [4.78, 5) is 24.3. The summed E-state index contributed by atoms with van der Waals surface area (Å²) in [5, 5.41) is 4.43. The molecule has 0 amide bonds. The number of nitrogens with zero attached hydrogens (tertiary/aromatic N) is 2. The smallest absolute Gasteiger partial charge is 0.360 e. The molecule has 0 saturated carbocycles. The van der Waals surface area contributed by atoms with E-state index in [9.17, 15) is 9.59 Å². The molecule has 0 saturated heterocycles. The topological polar surface area (TPSA) is 79.7 Å². The lowest BCUT2D eigenvalue weighted by molar-refractivity contribution is -0.124. The normalized spacial score (nSPS) is 11.6. The van der Waals surface area contributed by atoms with Crippen LogP contribution in [-0.4, -0.2) is 41.9 Å². The average molecular weight is 394 g/mol. The number of ketones is 1. The molecule has 1 atom stereocenters. The number of methoxy groups -OCH3 is 2. The van der Waals surface area contributed by atoms with Gasteiger partial charge >= 0.3 is 5.97 Å². The molecule has 0 bridgehead atoms. The van der Waals surface area contributed by atoms with Crippen LogP contribution in [0.2, 0.25) is 0 Å². The molecule has 3 aromatic rings. The monoisotopic (exact) mass is 394 g/mol. The number of aromatic nitrogens is 2. The maximum absolute atomic E-state index is 12.8. The van der Waals surface area contributed by atoms with Crippen LogP contribution < -0.4 is 9.47 Å². The standard InChI is InChI=1S/C22H22N2O5/c1-14(25)15(2)29-22(26)21-18(13-24(23-21)17-8-6-5-7-9-17)16-10-11-19(27-3)20(12-16)28-4/h5-13,15H,1-4H3/t15-/m0/s1. The number of carbonyl (C=O) groups excluding carboxylic acids is 2. The molecular formula is C22H22N2O5. The number of para-hydroxylation sites is 1. The lowest BCUT2D eigenvalue weighted by Gasteiger charge is -2.11. The Morgan fingerprint density at radius 3 is 2.31 bits per heavy atom. The molecule has 0 radical (unpaired) electrons. The lowest BCUT2D eigenvalue weighted by Crippen LogP contribution is -2.22. The molecule has 7 heteroatoms. The van der Waals surface area contributed by atoms with Gasteiger partial charge in [-0.15, -0.1) is 0 Å². The van der Waals surface area contributed by atoms with Crippen LogP contribution in [0.4, 0.5) is 0 Å². The van der Waals surface area contributed by atoms with Gasteiger partial charge in [-0.1, -0.05) is 24.3 Å². The summed E-state index contributed by atoms with van der Waals surface area (Å²) >= 11 is 0. The zero-order valence-corrected chi connectivity index (χ0v) is 16.7. The van der Waals surface area contributed by atoms with E-state index in [1.165, 1.54) is 13.8 Å². The Morgan fingerprint density at radius 1 is 1.00 bits per heavy atom. The van der Waals surface area contributed by atoms with E-state index in [0.717, 1.165) is 5.69 Å². The summed E-state index contributed by atoms with van der Waals surface area (Å²) in [5.74, 6) is 0.176. The summed E-state index contributed by atoms with van der Waals surface area (Å²) in [5.41, 5.74) is 2.14. The second-order valence-corrected chi connectivity index (χ2v) is 6.40. The molecule has 150 valence electrons. The molecule has 3 rings (SSSR count). The molecule has 0 unspecified atom stereocenters. The van der Waals surface area contributed by atoms with Crippen LogP contribution in [-0.2, 0) is 9.53 Å². The van der Waals surface area contributed by atoms with Crippen LogP contribution in [0.5, 0.6) is 11.5 Å². The van der Waals surface area contributed by atoms with Crippen molar-refractivity contribution in [1.29, 1.82) is 0 Å². The summed E-state index contributed by atoms with van der Waals surface area (Å²) < 4.78 is 17.5. The van der Waals surface area contributed by atoms with Gasteiger partial charge in [-0.05, 0) is 43.7 Å². The van der Waals surface area contributed by atoms with Gasteiger partial charge in [-0.3, -0.25) is 4.79 Å². The van der Waals surface area contributed by atoms with Crippen molar-refractivity contribution in [3.05, 3.63) is 60.4 Å². The third-order valence-electron chi connectivity index (χ3n) is 4.48. The van der Waals surface area contributed by atoms with Crippen molar-refractivity contribution in [1.82, 2.24) is 9.78 Å². The fourth-order valence-electron chi connectivity index (χ4n) is 2.75. The van der Waals surface area contributed by atoms with Crippen LogP contribution >= 0.6 is 0 Å². The van der Waals surface area contributed by atoms with Gasteiger partial charge in [-0.2, -0.15) is 5.10 Å². The zero-order chi connectivity index (χ0) is 21.0. The van der Waals surface area contributed by atoms with Gasteiger partial charge in [0.05, 0.1) is 19.9 Å². The van der Waals surface area contributed by atoms with Crippen molar-refractivity contribution in [2.24, 2.45) is 0 Å². The van der Waals surface area contributed by atoms with E-state index in [1.54, 1.807) is 43.3 Å². The Kier molecular flexibility index (Phi) is 5.97. The third-order valence-corrected chi connectivity index (χ3v) is 4.48. The zero-order valence-electron chi connectivity index (χ0n) is 16.7. The SMILES string of the molecule is COc1ccc(-c2cn(-c3ccccc3)nc2C(=O)O[C@@H](C)C(C)=O)cc1OC. The predicted molar refractivity (Wildman–Crippen MR) is 108 cm³/mol. The maximum Gasteiger partial charge on any atom is 0.360 e. The fraction of sp³-hybridized carbons (Fsp3) is 0.227. The maximum atomic E-state index is 12.8. The van der Waals surface area contributed by atoms with Crippen LogP contribution in [0.15, 0.2) is 54.7 Å². The van der Waals surface area contributed by atoms with E-state index in [-0.39, 0.29) is 11.5 Å². The van der Waals surface area contributed by atoms with Crippen LogP contribution in [0.3, 0.4) is 0 Å². The first-order chi connectivity index (χ1) is 13.9. The molecule has 29 heavy (non-hydrogen) atoms. The molecule has 0 N–H and O–H groups in total. The van der Waals surface area contributed by atoms with E-state index < -0.39 is 12.1 Å². The Labute approximate surface area is 168 Å². The predicted octanol–water partition coefficient (Wildman–Crippen LogP) is 3.69. The first kappa shape index (κ1) is 20.1. The van der Waals surface area contributed by atoms with Gasteiger partial charge in [0.25, 0.3) is 0 Å². The van der Waals surface area contributed by atoms with Gasteiger partial charge < -0.3 is 14.2 Å². The van der Waals surface area contributed by atoms with Crippen LogP contribution in [0, 0.1) is 0 Å². The van der Waals surface area contributed by atoms with Gasteiger partial charge in [0.1, 0.15) is 0 Å². The van der Waals surface area contributed by atoms with Gasteiger partial charge in [-0.25, -0.2) is 9.48 Å². The van der Waals surface area contributed by atoms with Crippen molar-refractivity contribution >= 4 is 11.8 Å². The molecule has 7 nitrogen and oxygen atoms in total. The Balaban J connectivity index is 2.10. The van der Waals surface area contributed by atoms with E-state index >= 15 is 0 Å². The number of esters is 1. The lowest BCUT2D eigenvalue weighted by atomic mass is 10.1. The molecule has 2 aromatic carbocycles. The highest BCUT2D eigenvalue weighted by molar-refractivity contribution is 5.97. The summed E-state index contributed by atoms with van der Waals surface area (Å²) in [6.45, 7) is 2.90. The summed E-state index contributed by atoms with van der Waals surface area (Å²) in [6, 6.07) is 14.7. The third kappa shape index (κ3) is 4.29. The quantitative estimate of drug-likeness (QED) is 0.569.